The van der Waals surface area contributed by atoms with Crippen LogP contribution in [0.5, 0.6) is 0 Å². The third kappa shape index (κ3) is 4.11. The highest BCUT2D eigenvalue weighted by molar-refractivity contribution is 7.07. The molecule has 0 saturated heterocycles. The van der Waals surface area contributed by atoms with Crippen molar-refractivity contribution in [2.24, 2.45) is 4.99 Å². The van der Waals surface area contributed by atoms with Gasteiger partial charge in [-0.05, 0) is 51.5 Å². The summed E-state index contributed by atoms with van der Waals surface area (Å²) < 4.78 is 9.41. The van der Waals surface area contributed by atoms with E-state index in [1.807, 2.05) is 67.9 Å². The molecule has 4 rings (SSSR count). The summed E-state index contributed by atoms with van der Waals surface area (Å²) >= 11 is 1.32. The van der Waals surface area contributed by atoms with Gasteiger partial charge in [0, 0.05) is 37.6 Å². The molecule has 0 unspecified atom stereocenters. The van der Waals surface area contributed by atoms with Crippen molar-refractivity contribution in [1.29, 1.82) is 0 Å². The number of hydrogen-bond donors (Lipinski definition) is 0. The summed E-state index contributed by atoms with van der Waals surface area (Å²) in [6.07, 6.45) is 3.62. The zero-order chi connectivity index (χ0) is 24.6. The normalized spacial score (nSPS) is 15.8. The SMILES string of the molecule is CCOC(=O)C1=C(C)N=c2sc(=Cc3cnn(CC)c3C)c(=O)n2[C@@H]1c1ccc(N(C)C)cc1. The first-order valence-electron chi connectivity index (χ1n) is 11.3. The summed E-state index contributed by atoms with van der Waals surface area (Å²) in [5.41, 5.74) is 4.48. The molecule has 0 bridgehead atoms. The largest absolute Gasteiger partial charge is 0.463 e. The van der Waals surface area contributed by atoms with Gasteiger partial charge in [-0.25, -0.2) is 9.79 Å². The van der Waals surface area contributed by atoms with E-state index in [0.717, 1.165) is 29.1 Å². The average molecular weight is 480 g/mol. The number of benzene rings is 1. The zero-order valence-electron chi connectivity index (χ0n) is 20.3. The van der Waals surface area contributed by atoms with E-state index in [1.54, 1.807) is 24.6 Å². The number of anilines is 1. The molecule has 178 valence electrons. The monoisotopic (exact) mass is 479 g/mol. The number of nitrogens with zero attached hydrogens (tertiary/aromatic N) is 5. The molecule has 0 fully saturated rings. The van der Waals surface area contributed by atoms with Crippen molar-refractivity contribution in [3.8, 4) is 0 Å². The van der Waals surface area contributed by atoms with Crippen molar-refractivity contribution in [3.05, 3.63) is 78.2 Å². The van der Waals surface area contributed by atoms with Crippen LogP contribution < -0.4 is 19.8 Å². The van der Waals surface area contributed by atoms with Gasteiger partial charge in [-0.1, -0.05) is 23.5 Å². The number of rotatable bonds is 6. The Labute approximate surface area is 202 Å². The molecule has 3 aromatic rings. The number of fused-ring (bicyclic) bond motifs is 1. The standard InChI is InChI=1S/C25H29N5O3S/c1-7-29-16(4)18(14-26-29)13-20-23(31)30-22(17-9-11-19(12-10-17)28(5)6)21(24(32)33-8-2)15(3)27-25(30)34-20/h9-14,22H,7-8H2,1-6H3/t22-/m1/s1. The summed E-state index contributed by atoms with van der Waals surface area (Å²) in [6.45, 7) is 8.57. The summed E-state index contributed by atoms with van der Waals surface area (Å²) in [5.74, 6) is -0.459. The van der Waals surface area contributed by atoms with Crippen molar-refractivity contribution in [2.45, 2.75) is 40.3 Å². The second-order valence-electron chi connectivity index (χ2n) is 8.29. The van der Waals surface area contributed by atoms with E-state index in [2.05, 4.69) is 10.1 Å². The van der Waals surface area contributed by atoms with Gasteiger partial charge in [-0.3, -0.25) is 14.0 Å². The Morgan fingerprint density at radius 3 is 2.50 bits per heavy atom. The van der Waals surface area contributed by atoms with Crippen LogP contribution in [-0.4, -0.2) is 41.0 Å². The van der Waals surface area contributed by atoms with Crippen molar-refractivity contribution in [3.63, 3.8) is 0 Å². The molecule has 0 spiro atoms. The highest BCUT2D eigenvalue weighted by atomic mass is 32.1. The summed E-state index contributed by atoms with van der Waals surface area (Å²) in [7, 11) is 3.93. The molecule has 1 aliphatic heterocycles. The van der Waals surface area contributed by atoms with Gasteiger partial charge in [0.15, 0.2) is 4.80 Å². The number of allylic oxidation sites excluding steroid dienone is 1. The lowest BCUT2D eigenvalue weighted by Crippen LogP contribution is -2.40. The second kappa shape index (κ2) is 9.42. The number of ether oxygens (including phenoxy) is 1. The number of aromatic nitrogens is 3. The molecule has 8 nitrogen and oxygen atoms in total. The molecular weight excluding hydrogens is 450 g/mol. The van der Waals surface area contributed by atoms with Crippen LogP contribution in [0.2, 0.25) is 0 Å². The Balaban J connectivity index is 1.93. The minimum absolute atomic E-state index is 0.191. The molecular formula is C25H29N5O3S. The van der Waals surface area contributed by atoms with E-state index in [0.29, 0.717) is 20.6 Å². The molecule has 2 aromatic heterocycles. The Hall–Kier alpha value is -3.46. The zero-order valence-corrected chi connectivity index (χ0v) is 21.1. The lowest BCUT2D eigenvalue weighted by molar-refractivity contribution is -0.139. The van der Waals surface area contributed by atoms with E-state index in [-0.39, 0.29) is 12.2 Å². The van der Waals surface area contributed by atoms with E-state index < -0.39 is 12.0 Å². The fourth-order valence-corrected chi connectivity index (χ4v) is 5.16. The van der Waals surface area contributed by atoms with Gasteiger partial charge in [0.2, 0.25) is 0 Å². The van der Waals surface area contributed by atoms with Crippen molar-refractivity contribution < 1.29 is 9.53 Å². The molecule has 1 aromatic carbocycles. The van der Waals surface area contributed by atoms with Crippen LogP contribution in [0.1, 0.15) is 43.6 Å². The first-order chi connectivity index (χ1) is 16.3. The first-order valence-corrected chi connectivity index (χ1v) is 12.1. The molecule has 0 aliphatic carbocycles. The van der Waals surface area contributed by atoms with Gasteiger partial charge in [0.05, 0.1) is 34.6 Å². The summed E-state index contributed by atoms with van der Waals surface area (Å²) in [5, 5.41) is 4.38. The Bertz CT molecular complexity index is 1440. The van der Waals surface area contributed by atoms with Crippen molar-refractivity contribution in [1.82, 2.24) is 14.3 Å². The van der Waals surface area contributed by atoms with E-state index in [1.165, 1.54) is 11.3 Å². The third-order valence-corrected chi connectivity index (χ3v) is 6.95. The highest BCUT2D eigenvalue weighted by Gasteiger charge is 2.33. The number of carbonyl (C=O) groups excluding carboxylic acids is 1. The maximum atomic E-state index is 13.7. The molecule has 0 radical (unpaired) electrons. The maximum Gasteiger partial charge on any atom is 0.338 e. The summed E-state index contributed by atoms with van der Waals surface area (Å²) in [4.78, 5) is 33.8. The fourth-order valence-electron chi connectivity index (χ4n) is 4.12. The minimum atomic E-state index is -0.617. The number of esters is 1. The number of thiazole rings is 1. The Kier molecular flexibility index (Phi) is 6.56. The topological polar surface area (TPSA) is 81.7 Å². The van der Waals surface area contributed by atoms with Gasteiger partial charge in [-0.2, -0.15) is 5.10 Å². The van der Waals surface area contributed by atoms with E-state index in [4.69, 9.17) is 4.74 Å². The predicted octanol–water partition coefficient (Wildman–Crippen LogP) is 2.39. The molecule has 0 saturated carbocycles. The number of carbonyl (C=O) groups is 1. The molecule has 0 amide bonds. The fraction of sp³-hybridized carbons (Fsp3) is 0.360. The molecule has 3 heterocycles. The second-order valence-corrected chi connectivity index (χ2v) is 9.30. The maximum absolute atomic E-state index is 13.7. The van der Waals surface area contributed by atoms with Crippen molar-refractivity contribution in [2.75, 3.05) is 25.6 Å². The molecule has 1 atom stereocenters. The molecule has 9 heteroatoms. The van der Waals surface area contributed by atoms with Gasteiger partial charge in [0.25, 0.3) is 5.56 Å². The minimum Gasteiger partial charge on any atom is -0.463 e. The van der Waals surface area contributed by atoms with Crippen LogP contribution in [0.15, 0.2) is 51.5 Å². The highest BCUT2D eigenvalue weighted by Crippen LogP contribution is 2.31. The van der Waals surface area contributed by atoms with Crippen LogP contribution in [-0.2, 0) is 16.1 Å². The van der Waals surface area contributed by atoms with Gasteiger partial charge >= 0.3 is 5.97 Å². The van der Waals surface area contributed by atoms with E-state index >= 15 is 0 Å². The summed E-state index contributed by atoms with van der Waals surface area (Å²) in [6, 6.07) is 7.24. The molecule has 0 N–H and O–H groups in total. The average Bonchev–Trinajstić information content (AvgIpc) is 3.32. The van der Waals surface area contributed by atoms with Crippen molar-refractivity contribution >= 4 is 29.1 Å². The predicted molar refractivity (Wildman–Crippen MR) is 134 cm³/mol. The smallest absolute Gasteiger partial charge is 0.338 e. The lowest BCUT2D eigenvalue weighted by Gasteiger charge is -2.25. The first kappa shape index (κ1) is 23.7. The van der Waals surface area contributed by atoms with Crippen LogP contribution in [0.4, 0.5) is 5.69 Å². The van der Waals surface area contributed by atoms with Gasteiger partial charge < -0.3 is 9.64 Å². The third-order valence-electron chi connectivity index (χ3n) is 5.97. The van der Waals surface area contributed by atoms with Crippen LogP contribution >= 0.6 is 11.3 Å². The van der Waals surface area contributed by atoms with Crippen LogP contribution in [0, 0.1) is 6.92 Å². The van der Waals surface area contributed by atoms with Gasteiger partial charge in [-0.15, -0.1) is 0 Å². The Morgan fingerprint density at radius 2 is 1.91 bits per heavy atom. The number of hydrogen-bond acceptors (Lipinski definition) is 7. The Morgan fingerprint density at radius 1 is 1.21 bits per heavy atom. The van der Waals surface area contributed by atoms with Crippen LogP contribution in [0.25, 0.3) is 6.08 Å². The lowest BCUT2D eigenvalue weighted by atomic mass is 9.95. The van der Waals surface area contributed by atoms with Gasteiger partial charge in [0.1, 0.15) is 0 Å². The number of aryl methyl sites for hydroxylation is 1. The van der Waals surface area contributed by atoms with E-state index in [9.17, 15) is 9.59 Å². The molecule has 1 aliphatic rings. The molecule has 34 heavy (non-hydrogen) atoms. The van der Waals surface area contributed by atoms with Crippen LogP contribution in [0.3, 0.4) is 0 Å². The quantitative estimate of drug-likeness (QED) is 0.507.